The summed E-state index contributed by atoms with van der Waals surface area (Å²) in [5.74, 6) is 0.776. The number of aryl methyl sites for hydroxylation is 1. The second-order valence-electron chi connectivity index (χ2n) is 8.36. The Bertz CT molecular complexity index is 677. The largest absolute Gasteiger partial charge is 0.326 e. The molecule has 2 aliphatic rings. The number of hydrogen-bond donors (Lipinski definition) is 1. The smallest absolute Gasteiger partial charge is 0.312 e. The molecule has 0 spiro atoms. The second-order valence-corrected chi connectivity index (χ2v) is 8.36. The molecule has 27 heavy (non-hydrogen) atoms. The van der Waals surface area contributed by atoms with E-state index in [0.717, 1.165) is 62.0 Å². The summed E-state index contributed by atoms with van der Waals surface area (Å²) in [7, 11) is 0. The van der Waals surface area contributed by atoms with Gasteiger partial charge < -0.3 is 10.2 Å². The molecule has 3 rings (SSSR count). The van der Waals surface area contributed by atoms with E-state index in [1.54, 1.807) is 0 Å². The van der Waals surface area contributed by atoms with E-state index in [4.69, 9.17) is 0 Å². The number of piperazine rings is 1. The third-order valence-electron chi connectivity index (χ3n) is 5.62. The normalized spacial score (nSPS) is 19.6. The van der Waals surface area contributed by atoms with E-state index in [0.29, 0.717) is 6.54 Å². The van der Waals surface area contributed by atoms with Crippen molar-refractivity contribution in [2.75, 3.05) is 44.2 Å². The van der Waals surface area contributed by atoms with Crippen molar-refractivity contribution in [3.05, 3.63) is 41.6 Å². The molecule has 0 aromatic heterocycles. The Morgan fingerprint density at radius 3 is 2.48 bits per heavy atom. The molecular formula is C22H34N4O. The van der Waals surface area contributed by atoms with Crippen LogP contribution >= 0.6 is 0 Å². The van der Waals surface area contributed by atoms with Gasteiger partial charge in [-0.25, -0.2) is 4.79 Å². The van der Waals surface area contributed by atoms with Gasteiger partial charge in [-0.15, -0.1) is 0 Å². The maximum atomic E-state index is 12.3. The Labute approximate surface area is 164 Å². The number of nitrogens with zero attached hydrogens (tertiary/aromatic N) is 3. The lowest BCUT2D eigenvalue weighted by Gasteiger charge is -2.35. The van der Waals surface area contributed by atoms with E-state index in [-0.39, 0.29) is 6.03 Å². The van der Waals surface area contributed by atoms with Gasteiger partial charge in [-0.1, -0.05) is 32.6 Å². The molecule has 2 heterocycles. The summed E-state index contributed by atoms with van der Waals surface area (Å²) in [6, 6.07) is 6.46. The number of anilines is 1. The lowest BCUT2D eigenvalue weighted by atomic mass is 10.1. The quantitative estimate of drug-likeness (QED) is 0.832. The first-order chi connectivity index (χ1) is 12.9. The molecule has 0 bridgehead atoms. The van der Waals surface area contributed by atoms with Gasteiger partial charge in [0.1, 0.15) is 0 Å². The Morgan fingerprint density at radius 2 is 1.81 bits per heavy atom. The van der Waals surface area contributed by atoms with Crippen LogP contribution in [0.4, 0.5) is 10.5 Å². The van der Waals surface area contributed by atoms with Gasteiger partial charge in [-0.3, -0.25) is 9.80 Å². The maximum Gasteiger partial charge on any atom is 0.326 e. The van der Waals surface area contributed by atoms with Crippen molar-refractivity contribution in [1.29, 1.82) is 0 Å². The van der Waals surface area contributed by atoms with Crippen LogP contribution in [0.1, 0.15) is 37.8 Å². The first kappa shape index (κ1) is 19.9. The Balaban J connectivity index is 1.59. The van der Waals surface area contributed by atoms with E-state index in [9.17, 15) is 4.79 Å². The minimum atomic E-state index is -0.0646. The summed E-state index contributed by atoms with van der Waals surface area (Å²) in [5.41, 5.74) is 4.25. The topological polar surface area (TPSA) is 38.8 Å². The minimum absolute atomic E-state index is 0.0646. The van der Waals surface area contributed by atoms with E-state index in [1.165, 1.54) is 18.5 Å². The van der Waals surface area contributed by atoms with E-state index < -0.39 is 0 Å². The lowest BCUT2D eigenvalue weighted by Crippen LogP contribution is -2.46. The first-order valence-electron chi connectivity index (χ1n) is 10.2. The summed E-state index contributed by atoms with van der Waals surface area (Å²) < 4.78 is 0. The van der Waals surface area contributed by atoms with Crippen LogP contribution in [-0.4, -0.2) is 55.1 Å². The van der Waals surface area contributed by atoms with Crippen LogP contribution in [0.15, 0.2) is 30.5 Å². The van der Waals surface area contributed by atoms with Gasteiger partial charge in [0, 0.05) is 57.1 Å². The summed E-state index contributed by atoms with van der Waals surface area (Å²) in [5, 5.41) is 2.86. The molecule has 1 N–H and O–H groups in total. The van der Waals surface area contributed by atoms with Gasteiger partial charge in [0.2, 0.25) is 0 Å². The third-order valence-corrected chi connectivity index (χ3v) is 5.62. The maximum absolute atomic E-state index is 12.3. The average molecular weight is 371 g/mol. The Kier molecular flexibility index (Phi) is 6.55. The monoisotopic (exact) mass is 370 g/mol. The summed E-state index contributed by atoms with van der Waals surface area (Å²) in [6.45, 7) is 17.9. The predicted octanol–water partition coefficient (Wildman–Crippen LogP) is 3.59. The van der Waals surface area contributed by atoms with Crippen molar-refractivity contribution in [3.63, 3.8) is 0 Å². The molecule has 0 unspecified atom stereocenters. The number of nitrogens with one attached hydrogen (secondary N) is 1. The summed E-state index contributed by atoms with van der Waals surface area (Å²) in [4.78, 5) is 19.3. The Hall–Kier alpha value is -1.85. The third kappa shape index (κ3) is 5.33. The zero-order chi connectivity index (χ0) is 19.4. The average Bonchev–Trinajstić information content (AvgIpc) is 2.63. The van der Waals surface area contributed by atoms with Crippen LogP contribution in [-0.2, 0) is 6.54 Å². The molecule has 2 fully saturated rings. The summed E-state index contributed by atoms with van der Waals surface area (Å²) >= 11 is 0. The van der Waals surface area contributed by atoms with Crippen LogP contribution in [0, 0.1) is 12.8 Å². The first-order valence-corrected chi connectivity index (χ1v) is 10.2. The van der Waals surface area contributed by atoms with Crippen molar-refractivity contribution in [1.82, 2.24) is 15.1 Å². The number of carbonyl (C=O) groups excluding carboxylic acids is 1. The molecule has 5 heteroatoms. The highest BCUT2D eigenvalue weighted by Crippen LogP contribution is 2.25. The van der Waals surface area contributed by atoms with Gasteiger partial charge in [-0.05, 0) is 43.0 Å². The highest BCUT2D eigenvalue weighted by molar-refractivity contribution is 5.94. The van der Waals surface area contributed by atoms with E-state index in [1.807, 2.05) is 4.90 Å². The highest BCUT2D eigenvalue weighted by atomic mass is 16.2. The molecule has 0 atom stereocenters. The van der Waals surface area contributed by atoms with E-state index >= 15 is 0 Å². The van der Waals surface area contributed by atoms with Crippen molar-refractivity contribution in [3.8, 4) is 0 Å². The van der Waals surface area contributed by atoms with Crippen LogP contribution in [0.5, 0.6) is 0 Å². The van der Waals surface area contributed by atoms with Crippen LogP contribution in [0.2, 0.25) is 0 Å². The molecule has 2 amide bonds. The van der Waals surface area contributed by atoms with Gasteiger partial charge in [-0.2, -0.15) is 0 Å². The predicted molar refractivity (Wildman–Crippen MR) is 112 cm³/mol. The second kappa shape index (κ2) is 8.89. The molecule has 148 valence electrons. The minimum Gasteiger partial charge on any atom is -0.312 e. The molecule has 0 saturated carbocycles. The van der Waals surface area contributed by atoms with Crippen LogP contribution < -0.4 is 10.2 Å². The zero-order valence-electron chi connectivity index (χ0n) is 17.1. The summed E-state index contributed by atoms with van der Waals surface area (Å²) in [6.07, 6.45) is 2.08. The van der Waals surface area contributed by atoms with Crippen LogP contribution in [0.25, 0.3) is 0 Å². The molecule has 2 aliphatic heterocycles. The van der Waals surface area contributed by atoms with Gasteiger partial charge in [0.15, 0.2) is 0 Å². The lowest BCUT2D eigenvalue weighted by molar-refractivity contribution is 0.123. The van der Waals surface area contributed by atoms with Crippen molar-refractivity contribution < 1.29 is 4.79 Å². The van der Waals surface area contributed by atoms with Crippen molar-refractivity contribution in [2.45, 2.75) is 40.2 Å². The number of amides is 2. The number of carbonyl (C=O) groups is 1. The highest BCUT2D eigenvalue weighted by Gasteiger charge is 2.23. The number of urea groups is 1. The SMILES string of the molecule is C=C1CCN(c2cc(CN3CCN(CCC(C)C)CC3)ccc2C)C(=O)N1. The standard InChI is InChI=1S/C22H34N4O/c1-17(2)7-9-24-11-13-25(14-12-24)16-20-6-5-18(3)21(15-20)26-10-8-19(4)23-22(26)27/h5-6,15,17H,4,7-14,16H2,1-3H3,(H,23,27). The number of hydrogen-bond acceptors (Lipinski definition) is 3. The fourth-order valence-corrected chi connectivity index (χ4v) is 3.77. The van der Waals surface area contributed by atoms with Crippen molar-refractivity contribution in [2.24, 2.45) is 5.92 Å². The zero-order valence-corrected chi connectivity index (χ0v) is 17.1. The number of rotatable bonds is 6. The molecule has 1 aromatic carbocycles. The van der Waals surface area contributed by atoms with Gasteiger partial charge in [0.05, 0.1) is 0 Å². The number of benzene rings is 1. The molecule has 5 nitrogen and oxygen atoms in total. The fraction of sp³-hybridized carbons (Fsp3) is 0.591. The van der Waals surface area contributed by atoms with E-state index in [2.05, 4.69) is 60.7 Å². The van der Waals surface area contributed by atoms with Gasteiger partial charge in [0.25, 0.3) is 0 Å². The molecule has 0 aliphatic carbocycles. The fourth-order valence-electron chi connectivity index (χ4n) is 3.77. The van der Waals surface area contributed by atoms with Crippen LogP contribution in [0.3, 0.4) is 0 Å². The molecular weight excluding hydrogens is 336 g/mol. The van der Waals surface area contributed by atoms with Gasteiger partial charge >= 0.3 is 6.03 Å². The Morgan fingerprint density at radius 1 is 1.11 bits per heavy atom. The molecule has 1 aromatic rings. The molecule has 0 radical (unpaired) electrons. The molecule has 2 saturated heterocycles. The van der Waals surface area contributed by atoms with Crippen molar-refractivity contribution >= 4 is 11.7 Å².